The molecule has 0 radical (unpaired) electrons. The molecule has 1 heterocycles. The number of benzene rings is 1. The van der Waals surface area contributed by atoms with Crippen molar-refractivity contribution in [2.24, 2.45) is 0 Å². The van der Waals surface area contributed by atoms with Crippen molar-refractivity contribution in [2.45, 2.75) is 32.6 Å². The lowest BCUT2D eigenvalue weighted by Gasteiger charge is -2.07. The summed E-state index contributed by atoms with van der Waals surface area (Å²) in [4.78, 5) is 4.54. The summed E-state index contributed by atoms with van der Waals surface area (Å²) in [5.41, 5.74) is 1.55. The molecule has 0 amide bonds. The highest BCUT2D eigenvalue weighted by Gasteiger charge is 2.04. The first kappa shape index (κ1) is 13.4. The molecule has 2 aromatic rings. The van der Waals surface area contributed by atoms with Crippen molar-refractivity contribution in [1.29, 1.82) is 5.26 Å². The Labute approximate surface area is 114 Å². The van der Waals surface area contributed by atoms with E-state index in [9.17, 15) is 5.26 Å². The fraction of sp³-hybridized carbons (Fsp3) is 0.375. The standard InChI is InChI=1S/C16H19N3/c1-2-3-4-7-10-18-16-11-13(12-17)14-8-5-6-9-15(14)19-16/h5-6,8-9,11H,2-4,7,10H2,1H3,(H,18,19). The van der Waals surface area contributed by atoms with Gasteiger partial charge in [0, 0.05) is 11.9 Å². The van der Waals surface area contributed by atoms with Crippen LogP contribution in [-0.2, 0) is 0 Å². The van der Waals surface area contributed by atoms with Gasteiger partial charge in [-0.15, -0.1) is 0 Å². The Hall–Kier alpha value is -2.08. The van der Waals surface area contributed by atoms with Crippen LogP contribution < -0.4 is 5.32 Å². The smallest absolute Gasteiger partial charge is 0.127 e. The highest BCUT2D eigenvalue weighted by molar-refractivity contribution is 5.86. The van der Waals surface area contributed by atoms with Gasteiger partial charge in [0.1, 0.15) is 5.82 Å². The summed E-state index contributed by atoms with van der Waals surface area (Å²) >= 11 is 0. The average Bonchev–Trinajstić information content (AvgIpc) is 2.46. The number of pyridine rings is 1. The fourth-order valence-electron chi connectivity index (χ4n) is 2.13. The maximum atomic E-state index is 9.20. The molecule has 0 aliphatic rings. The number of rotatable bonds is 6. The summed E-state index contributed by atoms with van der Waals surface area (Å²) in [7, 11) is 0. The molecule has 0 saturated heterocycles. The van der Waals surface area contributed by atoms with E-state index >= 15 is 0 Å². The molecule has 0 unspecified atom stereocenters. The van der Waals surface area contributed by atoms with E-state index in [1.807, 2.05) is 30.3 Å². The van der Waals surface area contributed by atoms with Crippen LogP contribution in [0.3, 0.4) is 0 Å². The van der Waals surface area contributed by atoms with Gasteiger partial charge in [-0.2, -0.15) is 5.26 Å². The molecule has 3 nitrogen and oxygen atoms in total. The van der Waals surface area contributed by atoms with Gasteiger partial charge in [0.05, 0.1) is 17.1 Å². The van der Waals surface area contributed by atoms with Crippen LogP contribution in [0.5, 0.6) is 0 Å². The number of nitrogens with zero attached hydrogens (tertiary/aromatic N) is 2. The minimum absolute atomic E-state index is 0.682. The molecule has 19 heavy (non-hydrogen) atoms. The Morgan fingerprint density at radius 3 is 2.84 bits per heavy atom. The monoisotopic (exact) mass is 253 g/mol. The molecule has 0 aliphatic carbocycles. The van der Waals surface area contributed by atoms with Crippen LogP contribution in [0.1, 0.15) is 38.2 Å². The SMILES string of the molecule is CCCCCCNc1cc(C#N)c2ccccc2n1. The number of hydrogen-bond donors (Lipinski definition) is 1. The van der Waals surface area contributed by atoms with E-state index in [2.05, 4.69) is 23.3 Å². The van der Waals surface area contributed by atoms with Crippen LogP contribution in [-0.4, -0.2) is 11.5 Å². The van der Waals surface area contributed by atoms with Gasteiger partial charge in [-0.3, -0.25) is 0 Å². The van der Waals surface area contributed by atoms with Crippen LogP contribution in [0.2, 0.25) is 0 Å². The first-order valence-electron chi connectivity index (χ1n) is 6.89. The summed E-state index contributed by atoms with van der Waals surface area (Å²) in [5, 5.41) is 13.4. The normalized spacial score (nSPS) is 10.3. The number of hydrogen-bond acceptors (Lipinski definition) is 3. The molecule has 3 heteroatoms. The zero-order chi connectivity index (χ0) is 13.5. The molecule has 0 fully saturated rings. The first-order valence-corrected chi connectivity index (χ1v) is 6.89. The molecule has 0 saturated carbocycles. The Kier molecular flexibility index (Phi) is 4.74. The Bertz CT molecular complexity index is 584. The Morgan fingerprint density at radius 1 is 1.21 bits per heavy atom. The van der Waals surface area contributed by atoms with E-state index in [4.69, 9.17) is 0 Å². The van der Waals surface area contributed by atoms with Gasteiger partial charge in [0.25, 0.3) is 0 Å². The molecular formula is C16H19N3. The van der Waals surface area contributed by atoms with Crippen LogP contribution in [0, 0.1) is 11.3 Å². The number of unbranched alkanes of at least 4 members (excludes halogenated alkanes) is 3. The van der Waals surface area contributed by atoms with E-state index in [0.29, 0.717) is 5.56 Å². The van der Waals surface area contributed by atoms with Crippen molar-refractivity contribution >= 4 is 16.7 Å². The van der Waals surface area contributed by atoms with Crippen molar-refractivity contribution < 1.29 is 0 Å². The Morgan fingerprint density at radius 2 is 2.05 bits per heavy atom. The zero-order valence-corrected chi connectivity index (χ0v) is 11.3. The van der Waals surface area contributed by atoms with Crippen molar-refractivity contribution in [3.05, 3.63) is 35.9 Å². The topological polar surface area (TPSA) is 48.7 Å². The Balaban J connectivity index is 2.10. The maximum Gasteiger partial charge on any atom is 0.127 e. The largest absolute Gasteiger partial charge is 0.370 e. The second kappa shape index (κ2) is 6.75. The third kappa shape index (κ3) is 3.45. The molecule has 0 spiro atoms. The molecule has 1 aromatic heterocycles. The summed E-state index contributed by atoms with van der Waals surface area (Å²) in [6.45, 7) is 3.12. The number of aromatic nitrogens is 1. The minimum atomic E-state index is 0.682. The fourth-order valence-corrected chi connectivity index (χ4v) is 2.13. The number of nitrogens with one attached hydrogen (secondary N) is 1. The van der Waals surface area contributed by atoms with E-state index in [1.165, 1.54) is 19.3 Å². The lowest BCUT2D eigenvalue weighted by molar-refractivity contribution is 0.684. The number of para-hydroxylation sites is 1. The lowest BCUT2D eigenvalue weighted by Crippen LogP contribution is -2.04. The quantitative estimate of drug-likeness (QED) is 0.788. The molecule has 1 N–H and O–H groups in total. The van der Waals surface area contributed by atoms with Crippen LogP contribution in [0.15, 0.2) is 30.3 Å². The third-order valence-electron chi connectivity index (χ3n) is 3.17. The maximum absolute atomic E-state index is 9.20. The van der Waals surface area contributed by atoms with Crippen molar-refractivity contribution in [1.82, 2.24) is 4.98 Å². The van der Waals surface area contributed by atoms with Crippen LogP contribution in [0.4, 0.5) is 5.82 Å². The number of fused-ring (bicyclic) bond motifs is 1. The van der Waals surface area contributed by atoms with E-state index in [-0.39, 0.29) is 0 Å². The molecule has 98 valence electrons. The third-order valence-corrected chi connectivity index (χ3v) is 3.17. The molecule has 2 rings (SSSR count). The molecular weight excluding hydrogens is 234 g/mol. The second-order valence-corrected chi connectivity index (χ2v) is 4.67. The highest BCUT2D eigenvalue weighted by atomic mass is 15.0. The summed E-state index contributed by atoms with van der Waals surface area (Å²) in [5.74, 6) is 0.798. The summed E-state index contributed by atoms with van der Waals surface area (Å²) in [6.07, 6.45) is 4.90. The van der Waals surface area contributed by atoms with Crippen molar-refractivity contribution in [3.8, 4) is 6.07 Å². The average molecular weight is 253 g/mol. The lowest BCUT2D eigenvalue weighted by atomic mass is 10.1. The van der Waals surface area contributed by atoms with E-state index in [1.54, 1.807) is 0 Å². The van der Waals surface area contributed by atoms with Crippen molar-refractivity contribution in [2.75, 3.05) is 11.9 Å². The molecule has 0 bridgehead atoms. The first-order chi connectivity index (χ1) is 9.35. The number of anilines is 1. The van der Waals surface area contributed by atoms with Crippen LogP contribution in [0.25, 0.3) is 10.9 Å². The van der Waals surface area contributed by atoms with Gasteiger partial charge in [-0.1, -0.05) is 44.4 Å². The second-order valence-electron chi connectivity index (χ2n) is 4.67. The summed E-state index contributed by atoms with van der Waals surface area (Å²) in [6, 6.07) is 11.8. The minimum Gasteiger partial charge on any atom is -0.370 e. The van der Waals surface area contributed by atoms with Gasteiger partial charge in [-0.05, 0) is 18.6 Å². The highest BCUT2D eigenvalue weighted by Crippen LogP contribution is 2.19. The molecule has 0 aliphatic heterocycles. The van der Waals surface area contributed by atoms with Gasteiger partial charge >= 0.3 is 0 Å². The van der Waals surface area contributed by atoms with Gasteiger partial charge in [0.15, 0.2) is 0 Å². The summed E-state index contributed by atoms with van der Waals surface area (Å²) < 4.78 is 0. The molecule has 1 aromatic carbocycles. The van der Waals surface area contributed by atoms with E-state index in [0.717, 1.165) is 29.7 Å². The van der Waals surface area contributed by atoms with Crippen LogP contribution >= 0.6 is 0 Å². The van der Waals surface area contributed by atoms with Gasteiger partial charge in [-0.25, -0.2) is 4.98 Å². The predicted molar refractivity (Wildman–Crippen MR) is 79.1 cm³/mol. The van der Waals surface area contributed by atoms with E-state index < -0.39 is 0 Å². The predicted octanol–water partition coefficient (Wildman–Crippen LogP) is 4.10. The zero-order valence-electron chi connectivity index (χ0n) is 11.3. The van der Waals surface area contributed by atoms with Crippen molar-refractivity contribution in [3.63, 3.8) is 0 Å². The van der Waals surface area contributed by atoms with Gasteiger partial charge in [0.2, 0.25) is 0 Å². The number of nitriles is 1. The van der Waals surface area contributed by atoms with Gasteiger partial charge < -0.3 is 5.32 Å². The molecule has 0 atom stereocenters.